The second-order valence-electron chi connectivity index (χ2n) is 5.14. The summed E-state index contributed by atoms with van der Waals surface area (Å²) < 4.78 is 2.88. The highest BCUT2D eigenvalue weighted by atomic mass is 79.9. The summed E-state index contributed by atoms with van der Waals surface area (Å²) in [5.74, 6) is 0.631. The van der Waals surface area contributed by atoms with E-state index in [2.05, 4.69) is 41.7 Å². The van der Waals surface area contributed by atoms with Crippen LogP contribution in [0.3, 0.4) is 0 Å². The number of hydrogen-bond acceptors (Lipinski definition) is 2. The number of nitrogen functional groups attached to an aromatic ring is 1. The van der Waals surface area contributed by atoms with Gasteiger partial charge in [0.1, 0.15) is 11.5 Å². The Kier molecular flexibility index (Phi) is 3.43. The molecule has 18 heavy (non-hydrogen) atoms. The Balaban J connectivity index is 2.56. The molecule has 0 bridgehead atoms. The summed E-state index contributed by atoms with van der Waals surface area (Å²) in [5, 5.41) is 0.634. The third-order valence-electron chi connectivity index (χ3n) is 2.71. The van der Waals surface area contributed by atoms with Crippen molar-refractivity contribution < 1.29 is 0 Å². The predicted octanol–water partition coefficient (Wildman–Crippen LogP) is 4.30. The van der Waals surface area contributed by atoms with Gasteiger partial charge in [0.05, 0.1) is 11.3 Å². The van der Waals surface area contributed by atoms with Gasteiger partial charge in [-0.25, -0.2) is 4.98 Å². The van der Waals surface area contributed by atoms with Crippen LogP contribution >= 0.6 is 27.5 Å². The lowest BCUT2D eigenvalue weighted by molar-refractivity contribution is 0.402. The largest absolute Gasteiger partial charge is 0.383 e. The van der Waals surface area contributed by atoms with E-state index in [9.17, 15) is 0 Å². The van der Waals surface area contributed by atoms with E-state index in [1.54, 1.807) is 6.33 Å². The van der Waals surface area contributed by atoms with Crippen molar-refractivity contribution in [3.63, 3.8) is 0 Å². The Hall–Kier alpha value is -1.00. The van der Waals surface area contributed by atoms with Crippen molar-refractivity contribution in [2.45, 2.75) is 26.3 Å². The highest BCUT2D eigenvalue weighted by Crippen LogP contribution is 2.34. The number of aromatic nitrogens is 2. The zero-order chi connectivity index (χ0) is 13.5. The molecule has 0 atom stereocenters. The van der Waals surface area contributed by atoms with E-state index in [0.29, 0.717) is 10.8 Å². The molecule has 0 radical (unpaired) electrons. The Bertz CT molecular complexity index is 584. The maximum atomic E-state index is 6.22. The number of nitrogens with two attached hydrogens (primary N) is 1. The van der Waals surface area contributed by atoms with Gasteiger partial charge in [0.2, 0.25) is 0 Å². The van der Waals surface area contributed by atoms with Gasteiger partial charge >= 0.3 is 0 Å². The van der Waals surface area contributed by atoms with Crippen LogP contribution in [0.15, 0.2) is 29.0 Å². The van der Waals surface area contributed by atoms with Crippen molar-refractivity contribution in [3.8, 4) is 11.3 Å². The van der Waals surface area contributed by atoms with Gasteiger partial charge in [-0.1, -0.05) is 33.6 Å². The van der Waals surface area contributed by atoms with Gasteiger partial charge in [-0.2, -0.15) is 0 Å². The predicted molar refractivity (Wildman–Crippen MR) is 79.8 cm³/mol. The molecule has 0 aliphatic rings. The van der Waals surface area contributed by atoms with E-state index in [0.717, 1.165) is 15.7 Å². The normalized spacial score (nSPS) is 11.8. The van der Waals surface area contributed by atoms with Crippen LogP contribution in [0.2, 0.25) is 5.02 Å². The number of benzene rings is 1. The first kappa shape index (κ1) is 13.4. The number of halogens is 2. The van der Waals surface area contributed by atoms with E-state index in [1.807, 2.05) is 22.8 Å². The summed E-state index contributed by atoms with van der Waals surface area (Å²) in [4.78, 5) is 4.38. The zero-order valence-electron chi connectivity index (χ0n) is 10.5. The molecule has 0 aliphatic heterocycles. The molecule has 0 aliphatic carbocycles. The minimum Gasteiger partial charge on any atom is -0.383 e. The third kappa shape index (κ3) is 2.40. The van der Waals surface area contributed by atoms with Crippen LogP contribution < -0.4 is 5.73 Å². The summed E-state index contributed by atoms with van der Waals surface area (Å²) >= 11 is 9.61. The number of imidazole rings is 1. The Morgan fingerprint density at radius 1 is 1.33 bits per heavy atom. The molecule has 2 rings (SSSR count). The Morgan fingerprint density at radius 3 is 2.50 bits per heavy atom. The molecule has 0 amide bonds. The molecular formula is C13H15BrClN3. The van der Waals surface area contributed by atoms with Crippen LogP contribution in [0, 0.1) is 0 Å². The molecule has 0 unspecified atom stereocenters. The molecule has 0 fully saturated rings. The lowest BCUT2D eigenvalue weighted by Crippen LogP contribution is -2.22. The Labute approximate surface area is 120 Å². The second-order valence-corrected chi connectivity index (χ2v) is 6.47. The SMILES string of the molecule is CC(C)(C)n1cnc(-c2ccc(Br)cc2Cl)c1N. The molecule has 3 nitrogen and oxygen atoms in total. The molecule has 2 N–H and O–H groups in total. The minimum atomic E-state index is -0.100. The van der Waals surface area contributed by atoms with Gasteiger partial charge in [-0.05, 0) is 32.9 Å². The van der Waals surface area contributed by atoms with Crippen molar-refractivity contribution in [3.05, 3.63) is 34.0 Å². The highest BCUT2D eigenvalue weighted by Gasteiger charge is 2.20. The van der Waals surface area contributed by atoms with Crippen molar-refractivity contribution in [2.75, 3.05) is 5.73 Å². The molecule has 0 spiro atoms. The maximum absolute atomic E-state index is 6.22. The minimum absolute atomic E-state index is 0.100. The molecule has 1 aromatic heterocycles. The van der Waals surface area contributed by atoms with Crippen LogP contribution in [0.4, 0.5) is 5.82 Å². The van der Waals surface area contributed by atoms with Crippen molar-refractivity contribution >= 4 is 33.3 Å². The van der Waals surface area contributed by atoms with Crippen LogP contribution in [-0.4, -0.2) is 9.55 Å². The van der Waals surface area contributed by atoms with Crippen LogP contribution in [0.5, 0.6) is 0 Å². The highest BCUT2D eigenvalue weighted by molar-refractivity contribution is 9.10. The van der Waals surface area contributed by atoms with Gasteiger partial charge in [0, 0.05) is 15.6 Å². The fourth-order valence-electron chi connectivity index (χ4n) is 1.78. The molecular weight excluding hydrogens is 314 g/mol. The molecule has 0 saturated heterocycles. The molecule has 1 heterocycles. The van der Waals surface area contributed by atoms with Crippen molar-refractivity contribution in [2.24, 2.45) is 0 Å². The van der Waals surface area contributed by atoms with E-state index in [4.69, 9.17) is 17.3 Å². The quantitative estimate of drug-likeness (QED) is 0.848. The third-order valence-corrected chi connectivity index (χ3v) is 3.52. The van der Waals surface area contributed by atoms with Crippen molar-refractivity contribution in [1.82, 2.24) is 9.55 Å². The van der Waals surface area contributed by atoms with Gasteiger partial charge in [0.15, 0.2) is 0 Å². The van der Waals surface area contributed by atoms with E-state index in [-0.39, 0.29) is 5.54 Å². The van der Waals surface area contributed by atoms with E-state index >= 15 is 0 Å². The van der Waals surface area contributed by atoms with E-state index < -0.39 is 0 Å². The number of anilines is 1. The lowest BCUT2D eigenvalue weighted by atomic mass is 10.1. The summed E-state index contributed by atoms with van der Waals surface area (Å²) in [7, 11) is 0. The number of hydrogen-bond donors (Lipinski definition) is 1. The zero-order valence-corrected chi connectivity index (χ0v) is 12.9. The topological polar surface area (TPSA) is 43.8 Å². The molecule has 2 aromatic rings. The summed E-state index contributed by atoms with van der Waals surface area (Å²) in [6.07, 6.45) is 1.75. The molecule has 96 valence electrons. The van der Waals surface area contributed by atoms with Crippen LogP contribution in [0.1, 0.15) is 20.8 Å². The summed E-state index contributed by atoms with van der Waals surface area (Å²) in [6, 6.07) is 5.68. The smallest absolute Gasteiger partial charge is 0.132 e. The fourth-order valence-corrected chi connectivity index (χ4v) is 2.54. The first-order chi connectivity index (χ1) is 8.30. The molecule has 0 saturated carbocycles. The maximum Gasteiger partial charge on any atom is 0.132 e. The van der Waals surface area contributed by atoms with Crippen LogP contribution in [0.25, 0.3) is 11.3 Å². The second kappa shape index (κ2) is 4.59. The first-order valence-corrected chi connectivity index (χ1v) is 6.76. The number of rotatable bonds is 1. The summed E-state index contributed by atoms with van der Waals surface area (Å²) in [6.45, 7) is 6.24. The van der Waals surface area contributed by atoms with Gasteiger partial charge < -0.3 is 10.3 Å². The average Bonchev–Trinajstić information content (AvgIpc) is 2.60. The Morgan fingerprint density at radius 2 is 2.00 bits per heavy atom. The van der Waals surface area contributed by atoms with Gasteiger partial charge in [-0.15, -0.1) is 0 Å². The fraction of sp³-hybridized carbons (Fsp3) is 0.308. The standard InChI is InChI=1S/C13H15BrClN3/c1-13(2,3)18-7-17-11(12(18)16)9-5-4-8(14)6-10(9)15/h4-7H,16H2,1-3H3. The lowest BCUT2D eigenvalue weighted by Gasteiger charge is -2.22. The van der Waals surface area contributed by atoms with Crippen LogP contribution in [-0.2, 0) is 5.54 Å². The average molecular weight is 329 g/mol. The van der Waals surface area contributed by atoms with Crippen molar-refractivity contribution in [1.29, 1.82) is 0 Å². The monoisotopic (exact) mass is 327 g/mol. The van der Waals surface area contributed by atoms with Gasteiger partial charge in [-0.3, -0.25) is 0 Å². The van der Waals surface area contributed by atoms with E-state index in [1.165, 1.54) is 0 Å². The molecule has 1 aromatic carbocycles. The first-order valence-electron chi connectivity index (χ1n) is 5.59. The van der Waals surface area contributed by atoms with Gasteiger partial charge in [0.25, 0.3) is 0 Å². The molecule has 5 heteroatoms. The summed E-state index contributed by atoms with van der Waals surface area (Å²) in [5.41, 5.74) is 7.63. The number of nitrogens with zero attached hydrogens (tertiary/aromatic N) is 2.